The van der Waals surface area contributed by atoms with E-state index in [1.165, 1.54) is 51.2 Å². The summed E-state index contributed by atoms with van der Waals surface area (Å²) in [6.07, 6.45) is 12.8. The summed E-state index contributed by atoms with van der Waals surface area (Å²) in [6, 6.07) is 0.549. The van der Waals surface area contributed by atoms with Crippen LogP contribution in [0.5, 0.6) is 0 Å². The van der Waals surface area contributed by atoms with Gasteiger partial charge >= 0.3 is 0 Å². The first-order chi connectivity index (χ1) is 12.5. The Labute approximate surface area is 182 Å². The molecule has 0 aromatic heterocycles. The van der Waals surface area contributed by atoms with Crippen molar-refractivity contribution < 1.29 is 8.42 Å². The first-order valence-electron chi connectivity index (χ1n) is 10.4. The minimum atomic E-state index is -3.04. The maximum absolute atomic E-state index is 11.6. The van der Waals surface area contributed by atoms with E-state index < -0.39 is 10.0 Å². The van der Waals surface area contributed by atoms with Crippen molar-refractivity contribution in [2.75, 3.05) is 32.9 Å². The number of nitrogens with one attached hydrogen (secondary N) is 2. The lowest BCUT2D eigenvalue weighted by Gasteiger charge is -2.40. The third kappa shape index (κ3) is 6.73. The number of hydrogen-bond donors (Lipinski definition) is 2. The second-order valence-corrected chi connectivity index (χ2v) is 10.5. The zero-order valence-electron chi connectivity index (χ0n) is 16.8. The van der Waals surface area contributed by atoms with Gasteiger partial charge < -0.3 is 10.6 Å². The monoisotopic (exact) mass is 512 g/mol. The van der Waals surface area contributed by atoms with Crippen molar-refractivity contribution in [3.63, 3.8) is 0 Å². The van der Waals surface area contributed by atoms with Crippen molar-refractivity contribution >= 4 is 40.0 Å². The van der Waals surface area contributed by atoms with Gasteiger partial charge in [0.1, 0.15) is 0 Å². The maximum atomic E-state index is 11.6. The van der Waals surface area contributed by atoms with Crippen molar-refractivity contribution in [3.8, 4) is 0 Å². The molecule has 0 radical (unpaired) electrons. The van der Waals surface area contributed by atoms with Gasteiger partial charge in [-0.25, -0.2) is 12.7 Å². The quantitative estimate of drug-likeness (QED) is 0.345. The fraction of sp³-hybridized carbons (Fsp3) is 0.947. The van der Waals surface area contributed by atoms with Crippen LogP contribution in [0.4, 0.5) is 0 Å². The summed E-state index contributed by atoms with van der Waals surface area (Å²) in [5.74, 6) is 3.31. The number of nitrogens with zero attached hydrogens (tertiary/aromatic N) is 2. The summed E-state index contributed by atoms with van der Waals surface area (Å²) in [5, 5.41) is 7.13. The molecule has 6 nitrogen and oxygen atoms in total. The van der Waals surface area contributed by atoms with E-state index in [1.54, 1.807) is 4.31 Å². The number of rotatable bonds is 4. The smallest absolute Gasteiger partial charge is 0.211 e. The Balaban J connectivity index is 0.00000261. The van der Waals surface area contributed by atoms with Gasteiger partial charge in [-0.3, -0.25) is 4.99 Å². The summed E-state index contributed by atoms with van der Waals surface area (Å²) < 4.78 is 24.8. The molecule has 2 N–H and O–H groups in total. The Kier molecular flexibility index (Phi) is 9.12. The van der Waals surface area contributed by atoms with Gasteiger partial charge in [0.05, 0.1) is 6.26 Å². The predicted molar refractivity (Wildman–Crippen MR) is 122 cm³/mol. The number of hydrogen-bond acceptors (Lipinski definition) is 3. The highest BCUT2D eigenvalue weighted by Crippen LogP contribution is 2.40. The summed E-state index contributed by atoms with van der Waals surface area (Å²) in [7, 11) is -1.20. The molecule has 27 heavy (non-hydrogen) atoms. The maximum Gasteiger partial charge on any atom is 0.211 e. The average Bonchev–Trinajstić information content (AvgIpc) is 2.64. The molecule has 3 atom stereocenters. The average molecular weight is 513 g/mol. The number of fused-ring (bicyclic) bond motifs is 1. The molecule has 3 fully saturated rings. The molecule has 1 aliphatic heterocycles. The molecule has 0 aromatic carbocycles. The molecule has 0 bridgehead atoms. The molecule has 0 spiro atoms. The molecule has 0 amide bonds. The third-order valence-electron chi connectivity index (χ3n) is 6.70. The molecule has 8 heteroatoms. The lowest BCUT2D eigenvalue weighted by molar-refractivity contribution is 0.150. The van der Waals surface area contributed by atoms with Crippen LogP contribution in [0.3, 0.4) is 0 Å². The second-order valence-electron chi connectivity index (χ2n) is 8.52. The predicted octanol–water partition coefficient (Wildman–Crippen LogP) is 2.80. The number of sulfonamides is 1. The zero-order valence-corrected chi connectivity index (χ0v) is 20.0. The van der Waals surface area contributed by atoms with Gasteiger partial charge in [-0.15, -0.1) is 24.0 Å². The van der Waals surface area contributed by atoms with E-state index in [1.807, 2.05) is 7.05 Å². The van der Waals surface area contributed by atoms with Crippen LogP contribution in [0.15, 0.2) is 4.99 Å². The highest BCUT2D eigenvalue weighted by Gasteiger charge is 2.32. The first kappa shape index (κ1) is 23.2. The number of guanidine groups is 1. The Morgan fingerprint density at radius 1 is 1.04 bits per heavy atom. The molecule has 3 unspecified atom stereocenters. The molecule has 1 heterocycles. The minimum Gasteiger partial charge on any atom is -0.356 e. The fourth-order valence-electron chi connectivity index (χ4n) is 5.08. The van der Waals surface area contributed by atoms with Crippen LogP contribution < -0.4 is 10.6 Å². The molecule has 2 aliphatic carbocycles. The molecule has 158 valence electrons. The number of halogens is 1. The molecular weight excluding hydrogens is 475 g/mol. The summed E-state index contributed by atoms with van der Waals surface area (Å²) in [4.78, 5) is 4.41. The van der Waals surface area contributed by atoms with Crippen LogP contribution >= 0.6 is 24.0 Å². The molecular formula is C19H37IN4O2S. The largest absolute Gasteiger partial charge is 0.356 e. The molecule has 0 aromatic rings. The van der Waals surface area contributed by atoms with Gasteiger partial charge in [0, 0.05) is 32.7 Å². The minimum absolute atomic E-state index is 0. The van der Waals surface area contributed by atoms with Crippen molar-refractivity contribution in [2.45, 2.75) is 63.8 Å². The van der Waals surface area contributed by atoms with E-state index in [9.17, 15) is 8.42 Å². The van der Waals surface area contributed by atoms with E-state index in [0.29, 0.717) is 25.0 Å². The second kappa shape index (κ2) is 10.6. The van der Waals surface area contributed by atoms with Crippen molar-refractivity contribution in [2.24, 2.45) is 22.7 Å². The van der Waals surface area contributed by atoms with E-state index in [2.05, 4.69) is 15.6 Å². The van der Waals surface area contributed by atoms with Gasteiger partial charge in [-0.1, -0.05) is 25.7 Å². The first-order valence-corrected chi connectivity index (χ1v) is 12.2. The van der Waals surface area contributed by atoms with Gasteiger partial charge in [-0.05, 0) is 49.9 Å². The lowest BCUT2D eigenvalue weighted by atomic mass is 9.69. The topological polar surface area (TPSA) is 73.8 Å². The number of aliphatic imine (C=N–C) groups is 1. The summed E-state index contributed by atoms with van der Waals surface area (Å²) >= 11 is 0. The van der Waals surface area contributed by atoms with Gasteiger partial charge in [0.25, 0.3) is 0 Å². The van der Waals surface area contributed by atoms with E-state index in [4.69, 9.17) is 0 Å². The standard InChI is InChI=1S/C19H36N4O2S.HI/c1-20-19(21-14-15-9-11-23(12-10-15)26(2,24)25)22-18-8-7-16-5-3-4-6-17(16)13-18;/h15-18H,3-14H2,1-2H3,(H2,20,21,22);1H. The number of piperidine rings is 1. The van der Waals surface area contributed by atoms with Crippen LogP contribution in [0.2, 0.25) is 0 Å². The summed E-state index contributed by atoms with van der Waals surface area (Å²) in [5.41, 5.74) is 0. The lowest BCUT2D eigenvalue weighted by Crippen LogP contribution is -2.48. The van der Waals surface area contributed by atoms with Gasteiger partial charge in [-0.2, -0.15) is 0 Å². The van der Waals surface area contributed by atoms with Crippen LogP contribution in [0.1, 0.15) is 57.8 Å². The summed E-state index contributed by atoms with van der Waals surface area (Å²) in [6.45, 7) is 2.15. The Morgan fingerprint density at radius 3 is 2.33 bits per heavy atom. The van der Waals surface area contributed by atoms with Crippen molar-refractivity contribution in [1.82, 2.24) is 14.9 Å². The molecule has 3 rings (SSSR count). The molecule has 2 saturated carbocycles. The fourth-order valence-corrected chi connectivity index (χ4v) is 5.95. The molecule has 1 saturated heterocycles. The Hall–Kier alpha value is -0.0900. The highest BCUT2D eigenvalue weighted by molar-refractivity contribution is 14.0. The van der Waals surface area contributed by atoms with Crippen LogP contribution in [0, 0.1) is 17.8 Å². The highest BCUT2D eigenvalue weighted by atomic mass is 127. The zero-order chi connectivity index (χ0) is 18.6. The van der Waals surface area contributed by atoms with Crippen LogP contribution in [-0.4, -0.2) is 57.7 Å². The van der Waals surface area contributed by atoms with Crippen molar-refractivity contribution in [3.05, 3.63) is 0 Å². The Morgan fingerprint density at radius 2 is 1.70 bits per heavy atom. The van der Waals surface area contributed by atoms with Gasteiger partial charge in [0.15, 0.2) is 5.96 Å². The SMILES string of the molecule is CN=C(NCC1CCN(S(C)(=O)=O)CC1)NC1CCC2CCCCC2C1.I. The van der Waals surface area contributed by atoms with E-state index in [-0.39, 0.29) is 24.0 Å². The van der Waals surface area contributed by atoms with Crippen molar-refractivity contribution in [1.29, 1.82) is 0 Å². The van der Waals surface area contributed by atoms with Crippen LogP contribution in [-0.2, 0) is 10.0 Å². The van der Waals surface area contributed by atoms with Gasteiger partial charge in [0.2, 0.25) is 10.0 Å². The van der Waals surface area contributed by atoms with E-state index in [0.717, 1.165) is 37.2 Å². The third-order valence-corrected chi connectivity index (χ3v) is 8.01. The van der Waals surface area contributed by atoms with E-state index >= 15 is 0 Å². The Bertz CT molecular complexity index is 591. The van der Waals surface area contributed by atoms with Crippen LogP contribution in [0.25, 0.3) is 0 Å². The molecule has 3 aliphatic rings. The normalized spacial score (nSPS) is 30.9.